The number of rotatable bonds is 1. The summed E-state index contributed by atoms with van der Waals surface area (Å²) in [5, 5.41) is 4.54. The summed E-state index contributed by atoms with van der Waals surface area (Å²) in [5.41, 5.74) is 0. The van der Waals surface area contributed by atoms with Gasteiger partial charge in [0.05, 0.1) is 0 Å². The molecule has 0 amide bonds. The Morgan fingerprint density at radius 2 is 2.22 bits per heavy atom. The zero-order chi connectivity index (χ0) is 6.53. The Morgan fingerprint density at radius 3 is 3.00 bits per heavy atom. The molecule has 9 heavy (non-hydrogen) atoms. The lowest BCUT2D eigenvalue weighted by atomic mass is 10.1. The van der Waals surface area contributed by atoms with E-state index in [0.29, 0.717) is 6.04 Å². The Morgan fingerprint density at radius 1 is 1.33 bits per heavy atom. The number of nitrogens with zero attached hydrogens (tertiary/aromatic N) is 1. The molecule has 1 radical (unpaired) electrons. The van der Waals surface area contributed by atoms with Crippen LogP contribution in [0.2, 0.25) is 0 Å². The lowest BCUT2D eigenvalue weighted by Crippen LogP contribution is -2.19. The van der Waals surface area contributed by atoms with E-state index in [9.17, 15) is 0 Å². The Labute approximate surface area is 57.8 Å². The molecule has 0 saturated carbocycles. The topological polar surface area (TPSA) is 14.1 Å². The minimum atomic E-state index is 0.701. The summed E-state index contributed by atoms with van der Waals surface area (Å²) >= 11 is 0. The maximum Gasteiger partial charge on any atom is 0.0243 e. The van der Waals surface area contributed by atoms with Gasteiger partial charge in [0.15, 0.2) is 0 Å². The van der Waals surface area contributed by atoms with Crippen molar-refractivity contribution in [2.75, 3.05) is 6.54 Å². The van der Waals surface area contributed by atoms with Gasteiger partial charge in [-0.25, -0.2) is 5.32 Å². The Bertz CT molecular complexity index is 63.0. The summed E-state index contributed by atoms with van der Waals surface area (Å²) in [5.74, 6) is 0. The predicted octanol–water partition coefficient (Wildman–Crippen LogP) is 1.94. The van der Waals surface area contributed by atoms with Gasteiger partial charge in [-0.1, -0.05) is 19.8 Å². The highest BCUT2D eigenvalue weighted by Gasteiger charge is 2.08. The average Bonchev–Trinajstić information content (AvgIpc) is 2.13. The smallest absolute Gasteiger partial charge is 0.0243 e. The van der Waals surface area contributed by atoms with E-state index < -0.39 is 0 Å². The van der Waals surface area contributed by atoms with Crippen molar-refractivity contribution in [1.82, 2.24) is 5.32 Å². The summed E-state index contributed by atoms with van der Waals surface area (Å²) in [6.07, 6.45) is 6.73. The molecule has 0 aromatic carbocycles. The molecular formula is C8H16N. The van der Waals surface area contributed by atoms with Crippen LogP contribution in [0.25, 0.3) is 0 Å². The fourth-order valence-electron chi connectivity index (χ4n) is 1.37. The summed E-state index contributed by atoms with van der Waals surface area (Å²) in [7, 11) is 0. The minimum absolute atomic E-state index is 0.701. The van der Waals surface area contributed by atoms with Crippen LogP contribution in [0.4, 0.5) is 0 Å². The first-order chi connectivity index (χ1) is 4.43. The molecule has 1 rings (SSSR count). The van der Waals surface area contributed by atoms with E-state index in [2.05, 4.69) is 12.2 Å². The van der Waals surface area contributed by atoms with Gasteiger partial charge in [0.25, 0.3) is 0 Å². The third kappa shape index (κ3) is 2.35. The lowest BCUT2D eigenvalue weighted by molar-refractivity contribution is 0.487. The van der Waals surface area contributed by atoms with Crippen LogP contribution in [0.3, 0.4) is 0 Å². The first-order valence-corrected chi connectivity index (χ1v) is 4.10. The zero-order valence-electron chi connectivity index (χ0n) is 6.27. The average molecular weight is 126 g/mol. The molecule has 53 valence electrons. The van der Waals surface area contributed by atoms with Gasteiger partial charge in [0, 0.05) is 12.6 Å². The molecule has 1 aliphatic rings. The maximum atomic E-state index is 4.54. The third-order valence-corrected chi connectivity index (χ3v) is 2.05. The van der Waals surface area contributed by atoms with Crippen LogP contribution >= 0.6 is 0 Å². The highest BCUT2D eigenvalue weighted by Crippen LogP contribution is 2.11. The summed E-state index contributed by atoms with van der Waals surface area (Å²) < 4.78 is 0. The molecule has 1 fully saturated rings. The van der Waals surface area contributed by atoms with Crippen molar-refractivity contribution in [3.63, 3.8) is 0 Å². The standard InChI is InChI=1S/C8H16N/c1-2-8-6-4-3-5-7-9-8/h8H,2-7H2,1H3. The first-order valence-electron chi connectivity index (χ1n) is 4.10. The normalized spacial score (nSPS) is 29.7. The number of hydrogen-bond donors (Lipinski definition) is 0. The van der Waals surface area contributed by atoms with Crippen molar-refractivity contribution < 1.29 is 0 Å². The first kappa shape index (κ1) is 7.07. The van der Waals surface area contributed by atoms with Crippen molar-refractivity contribution in [2.24, 2.45) is 0 Å². The zero-order valence-corrected chi connectivity index (χ0v) is 6.27. The second-order valence-corrected chi connectivity index (χ2v) is 2.82. The molecule has 0 aromatic heterocycles. The largest absolute Gasteiger partial charge is 0.238 e. The molecule has 1 atom stereocenters. The summed E-state index contributed by atoms with van der Waals surface area (Å²) in [6.45, 7) is 3.36. The second kappa shape index (κ2) is 3.89. The van der Waals surface area contributed by atoms with Gasteiger partial charge in [-0.2, -0.15) is 0 Å². The highest BCUT2D eigenvalue weighted by atomic mass is 14.9. The molecule has 1 aliphatic heterocycles. The van der Waals surface area contributed by atoms with Gasteiger partial charge in [-0.3, -0.25) is 0 Å². The van der Waals surface area contributed by atoms with Crippen LogP contribution in [0.5, 0.6) is 0 Å². The number of hydrogen-bond acceptors (Lipinski definition) is 0. The van der Waals surface area contributed by atoms with Crippen molar-refractivity contribution in [3.05, 3.63) is 0 Å². The van der Waals surface area contributed by atoms with E-state index >= 15 is 0 Å². The molecule has 1 nitrogen and oxygen atoms in total. The van der Waals surface area contributed by atoms with Crippen LogP contribution in [0.15, 0.2) is 0 Å². The molecule has 1 saturated heterocycles. The van der Waals surface area contributed by atoms with E-state index in [1.165, 1.54) is 32.1 Å². The Hall–Kier alpha value is -0.0400. The molecule has 0 aromatic rings. The van der Waals surface area contributed by atoms with Crippen LogP contribution in [-0.2, 0) is 0 Å². The monoisotopic (exact) mass is 126 g/mol. The van der Waals surface area contributed by atoms with Gasteiger partial charge >= 0.3 is 0 Å². The van der Waals surface area contributed by atoms with E-state index in [0.717, 1.165) is 6.54 Å². The van der Waals surface area contributed by atoms with Crippen LogP contribution in [0.1, 0.15) is 39.0 Å². The molecular weight excluding hydrogens is 110 g/mol. The van der Waals surface area contributed by atoms with Crippen molar-refractivity contribution in [1.29, 1.82) is 0 Å². The summed E-state index contributed by atoms with van der Waals surface area (Å²) in [6, 6.07) is 0.701. The molecule has 0 bridgehead atoms. The fourth-order valence-corrected chi connectivity index (χ4v) is 1.37. The SMILES string of the molecule is CCC1CCCCC[N]1. The van der Waals surface area contributed by atoms with Crippen LogP contribution in [0, 0.1) is 0 Å². The van der Waals surface area contributed by atoms with Crippen molar-refractivity contribution in [3.8, 4) is 0 Å². The van der Waals surface area contributed by atoms with E-state index in [1.807, 2.05) is 0 Å². The minimum Gasteiger partial charge on any atom is -0.238 e. The van der Waals surface area contributed by atoms with E-state index in [-0.39, 0.29) is 0 Å². The molecule has 1 heteroatoms. The van der Waals surface area contributed by atoms with Crippen LogP contribution in [-0.4, -0.2) is 12.6 Å². The highest BCUT2D eigenvalue weighted by molar-refractivity contribution is 4.67. The maximum absolute atomic E-state index is 4.54. The molecule has 0 spiro atoms. The molecule has 0 N–H and O–H groups in total. The van der Waals surface area contributed by atoms with Crippen molar-refractivity contribution >= 4 is 0 Å². The lowest BCUT2D eigenvalue weighted by Gasteiger charge is -2.08. The van der Waals surface area contributed by atoms with Gasteiger partial charge in [0.1, 0.15) is 0 Å². The quantitative estimate of drug-likeness (QED) is 0.510. The molecule has 1 unspecified atom stereocenters. The van der Waals surface area contributed by atoms with Gasteiger partial charge in [0.2, 0.25) is 0 Å². The van der Waals surface area contributed by atoms with Crippen molar-refractivity contribution in [2.45, 2.75) is 45.1 Å². The van der Waals surface area contributed by atoms with E-state index in [1.54, 1.807) is 0 Å². The predicted molar refractivity (Wildman–Crippen MR) is 39.5 cm³/mol. The Kier molecular flexibility index (Phi) is 3.05. The van der Waals surface area contributed by atoms with Gasteiger partial charge < -0.3 is 0 Å². The second-order valence-electron chi connectivity index (χ2n) is 2.82. The van der Waals surface area contributed by atoms with Crippen LogP contribution < -0.4 is 5.32 Å². The molecule has 0 aliphatic carbocycles. The fraction of sp³-hybridized carbons (Fsp3) is 1.00. The Balaban J connectivity index is 2.18. The van der Waals surface area contributed by atoms with E-state index in [4.69, 9.17) is 0 Å². The van der Waals surface area contributed by atoms with Gasteiger partial charge in [-0.05, 0) is 19.3 Å². The molecule has 1 heterocycles. The third-order valence-electron chi connectivity index (χ3n) is 2.05. The van der Waals surface area contributed by atoms with Gasteiger partial charge in [-0.15, -0.1) is 0 Å². The summed E-state index contributed by atoms with van der Waals surface area (Å²) in [4.78, 5) is 0.